The first kappa shape index (κ1) is 25.4. The molecule has 1 saturated heterocycles. The number of nitrogens with one attached hydrogen (secondary N) is 3. The molecule has 1 aliphatic rings. The number of amides is 1. The van der Waals surface area contributed by atoms with Gasteiger partial charge < -0.3 is 20.3 Å². The van der Waals surface area contributed by atoms with Crippen molar-refractivity contribution in [1.29, 1.82) is 0 Å². The molecule has 9 heteroatoms. The van der Waals surface area contributed by atoms with Crippen LogP contribution >= 0.6 is 0 Å². The SMILES string of the molecule is CONC(=O)c1cc(CCc2cnc(Nc3ccc(N4C[C@@H](C)N[C@@H](C)C4)cc3)nc2)cc(OC)c1. The van der Waals surface area contributed by atoms with Gasteiger partial charge in [0.2, 0.25) is 5.95 Å². The van der Waals surface area contributed by atoms with Gasteiger partial charge in [0.25, 0.3) is 5.91 Å². The van der Waals surface area contributed by atoms with E-state index in [1.54, 1.807) is 13.2 Å². The number of aryl methyl sites for hydroxylation is 2. The summed E-state index contributed by atoms with van der Waals surface area (Å²) < 4.78 is 5.34. The van der Waals surface area contributed by atoms with Crippen molar-refractivity contribution in [3.63, 3.8) is 0 Å². The van der Waals surface area contributed by atoms with Gasteiger partial charge in [0.1, 0.15) is 5.75 Å². The lowest BCUT2D eigenvalue weighted by Gasteiger charge is -2.37. The summed E-state index contributed by atoms with van der Waals surface area (Å²) in [5.74, 6) is 0.855. The molecule has 190 valence electrons. The number of ether oxygens (including phenoxy) is 1. The quantitative estimate of drug-likeness (QED) is 0.392. The van der Waals surface area contributed by atoms with E-state index in [0.29, 0.717) is 35.8 Å². The summed E-state index contributed by atoms with van der Waals surface area (Å²) in [7, 11) is 2.98. The summed E-state index contributed by atoms with van der Waals surface area (Å²) in [5.41, 5.74) is 6.96. The fourth-order valence-corrected chi connectivity index (χ4v) is 4.47. The Hall–Kier alpha value is -3.69. The van der Waals surface area contributed by atoms with Crippen molar-refractivity contribution in [1.82, 2.24) is 20.8 Å². The van der Waals surface area contributed by atoms with Gasteiger partial charge in [0.05, 0.1) is 14.2 Å². The minimum Gasteiger partial charge on any atom is -0.497 e. The molecule has 9 nitrogen and oxygen atoms in total. The molecule has 1 amide bonds. The van der Waals surface area contributed by atoms with E-state index in [2.05, 4.69) is 69.1 Å². The van der Waals surface area contributed by atoms with Crippen molar-refractivity contribution in [3.05, 3.63) is 71.5 Å². The molecule has 36 heavy (non-hydrogen) atoms. The van der Waals surface area contributed by atoms with Crippen molar-refractivity contribution < 1.29 is 14.4 Å². The first-order chi connectivity index (χ1) is 17.4. The maximum atomic E-state index is 12.1. The highest BCUT2D eigenvalue weighted by Crippen LogP contribution is 2.22. The van der Waals surface area contributed by atoms with E-state index in [4.69, 9.17) is 9.57 Å². The summed E-state index contributed by atoms with van der Waals surface area (Å²) in [6.45, 7) is 6.43. The molecule has 2 heterocycles. The number of hydroxylamine groups is 1. The molecule has 0 bridgehead atoms. The van der Waals surface area contributed by atoms with Crippen LogP contribution in [0.3, 0.4) is 0 Å². The van der Waals surface area contributed by atoms with Crippen LogP contribution < -0.4 is 25.8 Å². The number of methoxy groups -OCH3 is 1. The van der Waals surface area contributed by atoms with E-state index in [1.165, 1.54) is 12.8 Å². The van der Waals surface area contributed by atoms with Crippen LogP contribution in [0.5, 0.6) is 5.75 Å². The molecule has 1 aromatic heterocycles. The molecular weight excluding hydrogens is 456 g/mol. The summed E-state index contributed by atoms with van der Waals surface area (Å²) >= 11 is 0. The Kier molecular flexibility index (Phi) is 8.35. The van der Waals surface area contributed by atoms with Crippen LogP contribution in [0.2, 0.25) is 0 Å². The van der Waals surface area contributed by atoms with Gasteiger partial charge in [-0.2, -0.15) is 0 Å². The topological polar surface area (TPSA) is 101 Å². The fourth-order valence-electron chi connectivity index (χ4n) is 4.47. The standard InChI is InChI=1S/C27H34N6O3/c1-18-16-33(17-19(2)30-18)24-9-7-23(8-10-24)31-27-28-14-21(15-29-27)6-5-20-11-22(26(34)32-36-4)13-25(12-20)35-3/h7-15,18-19,30H,5-6,16-17H2,1-4H3,(H,32,34)(H,28,29,31)/t18-,19+. The average molecular weight is 491 g/mol. The number of carbonyl (C=O) groups excluding carboxylic acids is 1. The Morgan fingerprint density at radius 2 is 1.67 bits per heavy atom. The van der Waals surface area contributed by atoms with Crippen LogP contribution in [0.25, 0.3) is 0 Å². The monoisotopic (exact) mass is 490 g/mol. The van der Waals surface area contributed by atoms with E-state index in [9.17, 15) is 4.79 Å². The third kappa shape index (κ3) is 6.71. The third-order valence-corrected chi connectivity index (χ3v) is 6.11. The number of hydrogen-bond acceptors (Lipinski definition) is 8. The molecule has 0 radical (unpaired) electrons. The van der Waals surface area contributed by atoms with Gasteiger partial charge in [-0.15, -0.1) is 0 Å². The van der Waals surface area contributed by atoms with Crippen LogP contribution in [-0.4, -0.2) is 55.3 Å². The number of piperazine rings is 1. The van der Waals surface area contributed by atoms with Crippen LogP contribution in [0, 0.1) is 0 Å². The highest BCUT2D eigenvalue weighted by molar-refractivity contribution is 5.94. The lowest BCUT2D eigenvalue weighted by molar-refractivity contribution is 0.0537. The number of hydrogen-bond donors (Lipinski definition) is 3. The van der Waals surface area contributed by atoms with Crippen molar-refractivity contribution in [2.75, 3.05) is 37.5 Å². The first-order valence-electron chi connectivity index (χ1n) is 12.1. The second-order valence-corrected chi connectivity index (χ2v) is 9.17. The van der Waals surface area contributed by atoms with Gasteiger partial charge in [-0.1, -0.05) is 0 Å². The number of anilines is 3. The van der Waals surface area contributed by atoms with Crippen molar-refractivity contribution in [3.8, 4) is 5.75 Å². The molecule has 0 aliphatic carbocycles. The lowest BCUT2D eigenvalue weighted by atomic mass is 10.0. The van der Waals surface area contributed by atoms with Gasteiger partial charge in [-0.3, -0.25) is 9.63 Å². The minimum absolute atomic E-state index is 0.318. The number of nitrogens with zero attached hydrogens (tertiary/aromatic N) is 3. The molecule has 1 fully saturated rings. The highest BCUT2D eigenvalue weighted by Gasteiger charge is 2.21. The normalized spacial score (nSPS) is 17.5. The van der Waals surface area contributed by atoms with Crippen LogP contribution in [-0.2, 0) is 17.7 Å². The number of benzene rings is 2. The maximum Gasteiger partial charge on any atom is 0.274 e. The van der Waals surface area contributed by atoms with Gasteiger partial charge >= 0.3 is 0 Å². The maximum absolute atomic E-state index is 12.1. The smallest absolute Gasteiger partial charge is 0.274 e. The Labute approximate surface area is 212 Å². The van der Waals surface area contributed by atoms with Gasteiger partial charge in [0.15, 0.2) is 0 Å². The fraction of sp³-hybridized carbons (Fsp3) is 0.370. The second kappa shape index (κ2) is 11.8. The molecule has 3 N–H and O–H groups in total. The summed E-state index contributed by atoms with van der Waals surface area (Å²) in [6.07, 6.45) is 5.10. The predicted molar refractivity (Wildman–Crippen MR) is 141 cm³/mol. The zero-order valence-electron chi connectivity index (χ0n) is 21.2. The Morgan fingerprint density at radius 1 is 1.00 bits per heavy atom. The van der Waals surface area contributed by atoms with Crippen molar-refractivity contribution in [2.45, 2.75) is 38.8 Å². The van der Waals surface area contributed by atoms with Crippen LogP contribution in [0.15, 0.2) is 54.9 Å². The van der Waals surface area contributed by atoms with Gasteiger partial charge in [-0.05, 0) is 80.3 Å². The molecule has 0 spiro atoms. The van der Waals surface area contributed by atoms with E-state index in [1.807, 2.05) is 24.5 Å². The molecule has 0 unspecified atom stereocenters. The summed E-state index contributed by atoms with van der Waals surface area (Å²) in [5, 5.41) is 6.84. The molecular formula is C27H34N6O3. The molecule has 0 saturated carbocycles. The molecule has 4 rings (SSSR count). The third-order valence-electron chi connectivity index (χ3n) is 6.11. The largest absolute Gasteiger partial charge is 0.497 e. The molecule has 1 aliphatic heterocycles. The summed E-state index contributed by atoms with van der Waals surface area (Å²) in [6, 6.07) is 14.8. The van der Waals surface area contributed by atoms with Gasteiger partial charge in [-0.25, -0.2) is 15.4 Å². The second-order valence-electron chi connectivity index (χ2n) is 9.17. The Bertz CT molecular complexity index is 1140. The Morgan fingerprint density at radius 3 is 2.31 bits per heavy atom. The zero-order valence-corrected chi connectivity index (χ0v) is 21.2. The number of rotatable bonds is 9. The first-order valence-corrected chi connectivity index (χ1v) is 12.1. The van der Waals surface area contributed by atoms with Crippen molar-refractivity contribution in [2.24, 2.45) is 0 Å². The van der Waals surface area contributed by atoms with E-state index in [-0.39, 0.29) is 5.91 Å². The van der Waals surface area contributed by atoms with E-state index in [0.717, 1.165) is 36.3 Å². The molecule has 2 atom stereocenters. The predicted octanol–water partition coefficient (Wildman–Crippen LogP) is 3.49. The number of aromatic nitrogens is 2. The van der Waals surface area contributed by atoms with Crippen molar-refractivity contribution >= 4 is 23.2 Å². The number of carbonyl (C=O) groups is 1. The minimum atomic E-state index is -0.318. The van der Waals surface area contributed by atoms with Crippen LogP contribution in [0.1, 0.15) is 35.3 Å². The average Bonchev–Trinajstić information content (AvgIpc) is 2.88. The summed E-state index contributed by atoms with van der Waals surface area (Å²) in [4.78, 5) is 28.2. The Balaban J connectivity index is 1.34. The highest BCUT2D eigenvalue weighted by atomic mass is 16.6. The molecule has 3 aromatic rings. The van der Waals surface area contributed by atoms with E-state index >= 15 is 0 Å². The van der Waals surface area contributed by atoms with Crippen LogP contribution in [0.4, 0.5) is 17.3 Å². The lowest BCUT2D eigenvalue weighted by Crippen LogP contribution is -2.54. The zero-order chi connectivity index (χ0) is 25.5. The van der Waals surface area contributed by atoms with Gasteiger partial charge in [0, 0.05) is 54.5 Å². The van der Waals surface area contributed by atoms with E-state index < -0.39 is 0 Å². The molecule has 2 aromatic carbocycles.